The second kappa shape index (κ2) is 6.47. The quantitative estimate of drug-likeness (QED) is 0.780. The first-order valence-electron chi connectivity index (χ1n) is 6.51. The third-order valence-electron chi connectivity index (χ3n) is 3.10. The van der Waals surface area contributed by atoms with Crippen LogP contribution in [0.2, 0.25) is 0 Å². The molecule has 0 aromatic carbocycles. The number of nitrogens with zero attached hydrogens (tertiary/aromatic N) is 1. The maximum Gasteiger partial charge on any atom is 0.320 e. The molecule has 2 atom stereocenters. The molecule has 1 N–H and O–H groups in total. The zero-order valence-electron chi connectivity index (χ0n) is 11.6. The van der Waals surface area contributed by atoms with Crippen LogP contribution in [0.3, 0.4) is 0 Å². The van der Waals surface area contributed by atoms with E-state index < -0.39 is 5.92 Å². The molecule has 0 aliphatic carbocycles. The van der Waals surface area contributed by atoms with Crippen LogP contribution in [0.1, 0.15) is 40.5 Å². The first-order chi connectivity index (χ1) is 8.52. The van der Waals surface area contributed by atoms with Gasteiger partial charge in [-0.25, -0.2) is 0 Å². The molecule has 2 unspecified atom stereocenters. The van der Waals surface area contributed by atoms with Gasteiger partial charge in [-0.1, -0.05) is 18.9 Å². The van der Waals surface area contributed by atoms with Crippen molar-refractivity contribution in [2.45, 2.75) is 46.6 Å². The highest BCUT2D eigenvalue weighted by atomic mass is 16.5. The number of hydrogen-bond acceptors (Lipinski definition) is 4. The SMILES string of the molecule is CCC/C(C)=C1/C(=N)C(C(=O)OCC)C=NC1C. The van der Waals surface area contributed by atoms with Crippen LogP contribution < -0.4 is 0 Å². The number of hydrogen-bond donors (Lipinski definition) is 1. The lowest BCUT2D eigenvalue weighted by Crippen LogP contribution is -2.35. The number of carbonyl (C=O) groups excluding carboxylic acids is 1. The van der Waals surface area contributed by atoms with Crippen molar-refractivity contribution in [3.63, 3.8) is 0 Å². The normalized spacial score (nSPS) is 26.1. The highest BCUT2D eigenvalue weighted by Crippen LogP contribution is 2.24. The van der Waals surface area contributed by atoms with Crippen molar-refractivity contribution in [1.82, 2.24) is 0 Å². The maximum absolute atomic E-state index is 11.8. The van der Waals surface area contributed by atoms with Crippen LogP contribution in [-0.2, 0) is 9.53 Å². The molecule has 18 heavy (non-hydrogen) atoms. The van der Waals surface area contributed by atoms with Gasteiger partial charge in [0.15, 0.2) is 0 Å². The van der Waals surface area contributed by atoms with E-state index in [2.05, 4.69) is 11.9 Å². The first-order valence-corrected chi connectivity index (χ1v) is 6.51. The topological polar surface area (TPSA) is 62.5 Å². The van der Waals surface area contributed by atoms with E-state index in [9.17, 15) is 4.79 Å². The molecule has 0 radical (unpaired) electrons. The molecule has 4 heteroatoms. The van der Waals surface area contributed by atoms with E-state index in [0.29, 0.717) is 12.3 Å². The molecule has 0 fully saturated rings. The number of nitrogens with one attached hydrogen (secondary N) is 1. The highest BCUT2D eigenvalue weighted by Gasteiger charge is 2.32. The molecule has 100 valence electrons. The van der Waals surface area contributed by atoms with Crippen LogP contribution in [0, 0.1) is 11.3 Å². The van der Waals surface area contributed by atoms with Crippen LogP contribution in [0.4, 0.5) is 0 Å². The van der Waals surface area contributed by atoms with Gasteiger partial charge in [0.1, 0.15) is 5.92 Å². The largest absolute Gasteiger partial charge is 0.465 e. The first kappa shape index (κ1) is 14.6. The standard InChI is InChI=1S/C14H22N2O2/c1-5-7-9(3)12-10(4)16-8-11(13(12)15)14(17)18-6-2/h8,10-11,15H,5-7H2,1-4H3/b12-9+,15-13?. The summed E-state index contributed by atoms with van der Waals surface area (Å²) in [6.07, 6.45) is 3.52. The summed E-state index contributed by atoms with van der Waals surface area (Å²) in [4.78, 5) is 16.1. The molecule has 1 heterocycles. The molecule has 1 aliphatic heterocycles. The summed E-state index contributed by atoms with van der Waals surface area (Å²) < 4.78 is 4.98. The lowest BCUT2D eigenvalue weighted by molar-refractivity contribution is -0.143. The van der Waals surface area contributed by atoms with E-state index in [1.165, 1.54) is 0 Å². The van der Waals surface area contributed by atoms with Crippen LogP contribution in [0.25, 0.3) is 0 Å². The Labute approximate surface area is 109 Å². The zero-order valence-corrected chi connectivity index (χ0v) is 11.6. The second-order valence-corrected chi connectivity index (χ2v) is 4.56. The van der Waals surface area contributed by atoms with Gasteiger partial charge in [-0.3, -0.25) is 9.79 Å². The summed E-state index contributed by atoms with van der Waals surface area (Å²) in [5.41, 5.74) is 2.40. The Balaban J connectivity index is 3.03. The number of allylic oxidation sites excluding steroid dienone is 1. The Hall–Kier alpha value is -1.45. The fourth-order valence-electron chi connectivity index (χ4n) is 2.26. The molecule has 0 saturated heterocycles. The Morgan fingerprint density at radius 1 is 1.50 bits per heavy atom. The molecular formula is C14H22N2O2. The Kier molecular flexibility index (Phi) is 5.25. The smallest absolute Gasteiger partial charge is 0.320 e. The molecule has 1 rings (SSSR count). The summed E-state index contributed by atoms with van der Waals surface area (Å²) in [5.74, 6) is -1.01. The van der Waals surface area contributed by atoms with Gasteiger partial charge < -0.3 is 10.1 Å². The third kappa shape index (κ3) is 3.06. The summed E-state index contributed by atoms with van der Waals surface area (Å²) in [6.45, 7) is 8.18. The molecule has 0 bridgehead atoms. The number of aliphatic imine (C=N–C) groups is 1. The van der Waals surface area contributed by atoms with Gasteiger partial charge in [-0.15, -0.1) is 0 Å². The molecule has 0 amide bonds. The minimum atomic E-state index is -0.636. The van der Waals surface area contributed by atoms with Crippen LogP contribution in [-0.4, -0.2) is 30.5 Å². The number of rotatable bonds is 4. The molecule has 0 aromatic heterocycles. The van der Waals surface area contributed by atoms with Gasteiger partial charge in [0.25, 0.3) is 0 Å². The molecule has 1 aliphatic rings. The highest BCUT2D eigenvalue weighted by molar-refractivity contribution is 6.21. The monoisotopic (exact) mass is 250 g/mol. The summed E-state index contributed by atoms with van der Waals surface area (Å²) >= 11 is 0. The fourth-order valence-corrected chi connectivity index (χ4v) is 2.26. The Morgan fingerprint density at radius 3 is 2.72 bits per heavy atom. The van der Waals surface area contributed by atoms with Crippen LogP contribution in [0.5, 0.6) is 0 Å². The number of esters is 1. The van der Waals surface area contributed by atoms with E-state index in [1.54, 1.807) is 13.1 Å². The summed E-state index contributed by atoms with van der Waals surface area (Å²) in [7, 11) is 0. The van der Waals surface area contributed by atoms with E-state index in [4.69, 9.17) is 10.1 Å². The molecule has 0 spiro atoms. The lowest BCUT2D eigenvalue weighted by Gasteiger charge is -2.25. The lowest BCUT2D eigenvalue weighted by atomic mass is 9.86. The minimum absolute atomic E-state index is 0.0327. The average molecular weight is 250 g/mol. The maximum atomic E-state index is 11.8. The van der Waals surface area contributed by atoms with E-state index in [0.717, 1.165) is 24.0 Å². The molecule has 4 nitrogen and oxygen atoms in total. The number of ether oxygens (including phenoxy) is 1. The van der Waals surface area contributed by atoms with Crippen LogP contribution >= 0.6 is 0 Å². The van der Waals surface area contributed by atoms with Gasteiger partial charge in [0.05, 0.1) is 18.4 Å². The van der Waals surface area contributed by atoms with E-state index in [-0.39, 0.29) is 12.0 Å². The summed E-state index contributed by atoms with van der Waals surface area (Å²) in [5, 5.41) is 8.20. The predicted octanol–water partition coefficient (Wildman–Crippen LogP) is 2.77. The van der Waals surface area contributed by atoms with Crippen molar-refractivity contribution >= 4 is 17.9 Å². The van der Waals surface area contributed by atoms with Gasteiger partial charge in [-0.2, -0.15) is 0 Å². The Bertz CT molecular complexity index is 397. The third-order valence-corrected chi connectivity index (χ3v) is 3.10. The predicted molar refractivity (Wildman–Crippen MR) is 73.4 cm³/mol. The van der Waals surface area contributed by atoms with Gasteiger partial charge >= 0.3 is 5.97 Å². The second-order valence-electron chi connectivity index (χ2n) is 4.56. The molecular weight excluding hydrogens is 228 g/mol. The van der Waals surface area contributed by atoms with Gasteiger partial charge in [0, 0.05) is 6.21 Å². The van der Waals surface area contributed by atoms with E-state index in [1.807, 2.05) is 13.8 Å². The van der Waals surface area contributed by atoms with Crippen molar-refractivity contribution < 1.29 is 9.53 Å². The Morgan fingerprint density at radius 2 is 2.17 bits per heavy atom. The fraction of sp³-hybridized carbons (Fsp3) is 0.643. The van der Waals surface area contributed by atoms with Crippen molar-refractivity contribution in [3.8, 4) is 0 Å². The average Bonchev–Trinajstić information content (AvgIpc) is 2.29. The minimum Gasteiger partial charge on any atom is -0.465 e. The van der Waals surface area contributed by atoms with Gasteiger partial charge in [0.2, 0.25) is 0 Å². The molecule has 0 saturated carbocycles. The van der Waals surface area contributed by atoms with Gasteiger partial charge in [-0.05, 0) is 32.8 Å². The van der Waals surface area contributed by atoms with Crippen molar-refractivity contribution in [2.75, 3.05) is 6.61 Å². The summed E-state index contributed by atoms with van der Waals surface area (Å²) in [6, 6.07) is -0.0327. The van der Waals surface area contributed by atoms with Crippen molar-refractivity contribution in [1.29, 1.82) is 5.41 Å². The molecule has 0 aromatic rings. The van der Waals surface area contributed by atoms with Crippen molar-refractivity contribution in [3.05, 3.63) is 11.1 Å². The van der Waals surface area contributed by atoms with Crippen molar-refractivity contribution in [2.24, 2.45) is 10.9 Å². The zero-order chi connectivity index (χ0) is 13.7. The number of carbonyl (C=O) groups is 1. The van der Waals surface area contributed by atoms with Crippen LogP contribution in [0.15, 0.2) is 16.1 Å². The van der Waals surface area contributed by atoms with E-state index >= 15 is 0 Å².